The summed E-state index contributed by atoms with van der Waals surface area (Å²) in [5.74, 6) is 0.118. The van der Waals surface area contributed by atoms with Gasteiger partial charge < -0.3 is 15.5 Å². The Hall–Kier alpha value is -2.36. The summed E-state index contributed by atoms with van der Waals surface area (Å²) in [6, 6.07) is 13.1. The summed E-state index contributed by atoms with van der Waals surface area (Å²) in [7, 11) is 0. The van der Waals surface area contributed by atoms with E-state index in [1.807, 2.05) is 18.2 Å². The maximum Gasteiger partial charge on any atom is 0.121 e. The van der Waals surface area contributed by atoms with Crippen LogP contribution in [0, 0.1) is 0 Å². The lowest BCUT2D eigenvalue weighted by Crippen LogP contribution is -2.35. The first kappa shape index (κ1) is 18.0. The van der Waals surface area contributed by atoms with Crippen molar-refractivity contribution in [2.24, 2.45) is 0 Å². The molecular formula is C21H25NO2. The zero-order chi connectivity index (χ0) is 17.5. The SMILES string of the molecule is C=C/C=c1/c(CC(C)NCC(O)c2ccccc2O)cccc1=C. The molecule has 0 aliphatic carbocycles. The average Bonchev–Trinajstić information content (AvgIpc) is 2.56. The molecule has 0 radical (unpaired) electrons. The van der Waals surface area contributed by atoms with Crippen LogP contribution < -0.4 is 15.8 Å². The molecule has 0 bridgehead atoms. The van der Waals surface area contributed by atoms with Crippen molar-refractivity contribution in [1.29, 1.82) is 0 Å². The van der Waals surface area contributed by atoms with Gasteiger partial charge in [0.1, 0.15) is 5.75 Å². The number of phenols is 1. The lowest BCUT2D eigenvalue weighted by molar-refractivity contribution is 0.167. The van der Waals surface area contributed by atoms with Gasteiger partial charge in [0.15, 0.2) is 0 Å². The lowest BCUT2D eigenvalue weighted by Gasteiger charge is -2.18. The smallest absolute Gasteiger partial charge is 0.121 e. The molecule has 3 N–H and O–H groups in total. The van der Waals surface area contributed by atoms with Crippen molar-refractivity contribution in [3.8, 4) is 5.75 Å². The first-order chi connectivity index (χ1) is 11.5. The van der Waals surface area contributed by atoms with Crippen LogP contribution in [0.1, 0.15) is 24.2 Å². The second-order valence-corrected chi connectivity index (χ2v) is 5.98. The molecule has 0 amide bonds. The van der Waals surface area contributed by atoms with Crippen molar-refractivity contribution in [3.63, 3.8) is 0 Å². The summed E-state index contributed by atoms with van der Waals surface area (Å²) in [5.41, 5.74) is 1.73. The van der Waals surface area contributed by atoms with Crippen LogP contribution in [-0.2, 0) is 6.42 Å². The van der Waals surface area contributed by atoms with Crippen molar-refractivity contribution in [2.45, 2.75) is 25.5 Å². The van der Waals surface area contributed by atoms with Gasteiger partial charge in [-0.2, -0.15) is 0 Å². The summed E-state index contributed by atoms with van der Waals surface area (Å²) in [4.78, 5) is 0. The van der Waals surface area contributed by atoms with Crippen LogP contribution in [-0.4, -0.2) is 22.8 Å². The molecule has 0 spiro atoms. The highest BCUT2D eigenvalue weighted by molar-refractivity contribution is 5.40. The number of rotatable bonds is 7. The highest BCUT2D eigenvalue weighted by Crippen LogP contribution is 2.22. The largest absolute Gasteiger partial charge is 0.508 e. The molecule has 2 aromatic carbocycles. The molecule has 0 aliphatic rings. The Bertz CT molecular complexity index is 798. The molecule has 0 aliphatic heterocycles. The third kappa shape index (κ3) is 4.57. The fourth-order valence-corrected chi connectivity index (χ4v) is 2.77. The van der Waals surface area contributed by atoms with Gasteiger partial charge in [-0.05, 0) is 35.4 Å². The van der Waals surface area contributed by atoms with Gasteiger partial charge in [-0.25, -0.2) is 0 Å². The number of nitrogens with one attached hydrogen (secondary N) is 1. The van der Waals surface area contributed by atoms with Crippen LogP contribution in [0.15, 0.2) is 55.1 Å². The number of para-hydroxylation sites is 1. The normalized spacial score (nSPS) is 14.3. The zero-order valence-corrected chi connectivity index (χ0v) is 14.1. The third-order valence-corrected chi connectivity index (χ3v) is 4.05. The molecule has 126 valence electrons. The molecule has 2 aromatic rings. The van der Waals surface area contributed by atoms with Gasteiger partial charge in [-0.1, -0.05) is 61.7 Å². The van der Waals surface area contributed by atoms with Gasteiger partial charge in [0.05, 0.1) is 6.10 Å². The van der Waals surface area contributed by atoms with E-state index in [0.29, 0.717) is 12.1 Å². The Balaban J connectivity index is 2.02. The van der Waals surface area contributed by atoms with E-state index in [1.54, 1.807) is 30.3 Å². The molecule has 0 heterocycles. The van der Waals surface area contributed by atoms with E-state index < -0.39 is 6.10 Å². The van der Waals surface area contributed by atoms with Crippen molar-refractivity contribution >= 4 is 12.7 Å². The molecular weight excluding hydrogens is 298 g/mol. The molecule has 0 aromatic heterocycles. The highest BCUT2D eigenvalue weighted by atomic mass is 16.3. The maximum atomic E-state index is 10.2. The number of aliphatic hydroxyl groups is 1. The minimum Gasteiger partial charge on any atom is -0.508 e. The number of benzene rings is 2. The Morgan fingerprint density at radius 3 is 2.62 bits per heavy atom. The first-order valence-electron chi connectivity index (χ1n) is 8.12. The predicted molar refractivity (Wildman–Crippen MR) is 100 cm³/mol. The zero-order valence-electron chi connectivity index (χ0n) is 14.1. The van der Waals surface area contributed by atoms with Crippen molar-refractivity contribution in [1.82, 2.24) is 5.32 Å². The van der Waals surface area contributed by atoms with Crippen molar-refractivity contribution in [3.05, 3.63) is 76.7 Å². The molecule has 0 saturated heterocycles. The van der Waals surface area contributed by atoms with Crippen LogP contribution in [0.2, 0.25) is 0 Å². The van der Waals surface area contributed by atoms with Gasteiger partial charge in [0, 0.05) is 18.2 Å². The van der Waals surface area contributed by atoms with Crippen LogP contribution in [0.25, 0.3) is 12.7 Å². The molecule has 0 fully saturated rings. The summed E-state index contributed by atoms with van der Waals surface area (Å²) in [5, 5.41) is 25.5. The minimum atomic E-state index is -0.743. The summed E-state index contributed by atoms with van der Waals surface area (Å²) in [6.45, 7) is 10.3. The predicted octanol–water partition coefficient (Wildman–Crippen LogP) is 2.02. The Morgan fingerprint density at radius 2 is 1.92 bits per heavy atom. The summed E-state index contributed by atoms with van der Waals surface area (Å²) in [6.07, 6.45) is 3.82. The van der Waals surface area contributed by atoms with E-state index in [0.717, 1.165) is 16.9 Å². The molecule has 3 heteroatoms. The van der Waals surface area contributed by atoms with Crippen molar-refractivity contribution in [2.75, 3.05) is 6.54 Å². The van der Waals surface area contributed by atoms with E-state index >= 15 is 0 Å². The molecule has 3 nitrogen and oxygen atoms in total. The van der Waals surface area contributed by atoms with Gasteiger partial charge in [0.2, 0.25) is 0 Å². The summed E-state index contributed by atoms with van der Waals surface area (Å²) < 4.78 is 0. The van der Waals surface area contributed by atoms with Gasteiger partial charge in [0.25, 0.3) is 0 Å². The maximum absolute atomic E-state index is 10.2. The van der Waals surface area contributed by atoms with E-state index in [2.05, 4.69) is 31.5 Å². The van der Waals surface area contributed by atoms with E-state index in [9.17, 15) is 10.2 Å². The monoisotopic (exact) mass is 323 g/mol. The van der Waals surface area contributed by atoms with Gasteiger partial charge in [-0.15, -0.1) is 0 Å². The fraction of sp³-hybridized carbons (Fsp3) is 0.238. The van der Waals surface area contributed by atoms with Crippen molar-refractivity contribution < 1.29 is 10.2 Å². The molecule has 2 rings (SSSR count). The highest BCUT2D eigenvalue weighted by Gasteiger charge is 2.13. The van der Waals surface area contributed by atoms with Crippen LogP contribution in [0.3, 0.4) is 0 Å². The number of allylic oxidation sites excluding steroid dienone is 1. The second-order valence-electron chi connectivity index (χ2n) is 5.98. The van der Waals surface area contributed by atoms with E-state index in [1.165, 1.54) is 5.56 Å². The number of aliphatic hydroxyl groups excluding tert-OH is 1. The van der Waals surface area contributed by atoms with Crippen LogP contribution in [0.4, 0.5) is 0 Å². The molecule has 0 saturated carbocycles. The minimum absolute atomic E-state index is 0.118. The second kappa shape index (κ2) is 8.48. The summed E-state index contributed by atoms with van der Waals surface area (Å²) >= 11 is 0. The standard InChI is InChI=1S/C21H25NO2/c1-4-8-18-15(2)9-7-10-17(18)13-16(3)22-14-21(24)19-11-5-6-12-20(19)23/h4-12,16,21-24H,1-2,13-14H2,3H3/b18-8+. The van der Waals surface area contributed by atoms with Gasteiger partial charge >= 0.3 is 0 Å². The fourth-order valence-electron chi connectivity index (χ4n) is 2.77. The van der Waals surface area contributed by atoms with Gasteiger partial charge in [-0.3, -0.25) is 0 Å². The number of hydrogen-bond acceptors (Lipinski definition) is 3. The van der Waals surface area contributed by atoms with E-state index in [4.69, 9.17) is 0 Å². The number of phenolic OH excluding ortho intramolecular Hbond substituents is 1. The first-order valence-corrected chi connectivity index (χ1v) is 8.12. The number of hydrogen-bond donors (Lipinski definition) is 3. The van der Waals surface area contributed by atoms with Crippen LogP contribution >= 0.6 is 0 Å². The van der Waals surface area contributed by atoms with E-state index in [-0.39, 0.29) is 11.8 Å². The quantitative estimate of drug-likeness (QED) is 0.731. The Labute approximate surface area is 143 Å². The Kier molecular flexibility index (Phi) is 6.36. The topological polar surface area (TPSA) is 52.5 Å². The lowest BCUT2D eigenvalue weighted by atomic mass is 10.0. The molecule has 2 atom stereocenters. The Morgan fingerprint density at radius 1 is 1.17 bits per heavy atom. The van der Waals surface area contributed by atoms with Crippen LogP contribution in [0.5, 0.6) is 5.75 Å². The number of aromatic hydroxyl groups is 1. The molecule has 2 unspecified atom stereocenters. The third-order valence-electron chi connectivity index (χ3n) is 4.05. The average molecular weight is 323 g/mol. The molecule has 24 heavy (non-hydrogen) atoms.